The molecule has 0 bridgehead atoms. The molecule has 0 saturated heterocycles. The summed E-state index contributed by atoms with van der Waals surface area (Å²) in [7, 11) is -4.16. The van der Waals surface area contributed by atoms with E-state index >= 15 is 0 Å². The number of halogens is 1. The fourth-order valence-electron chi connectivity index (χ4n) is 3.48. The van der Waals surface area contributed by atoms with Gasteiger partial charge in [0, 0.05) is 5.56 Å². The van der Waals surface area contributed by atoms with Crippen molar-refractivity contribution in [3.63, 3.8) is 0 Å². The van der Waals surface area contributed by atoms with Crippen LogP contribution in [-0.2, 0) is 9.84 Å². The number of rotatable bonds is 7. The van der Waals surface area contributed by atoms with Gasteiger partial charge in [0.1, 0.15) is 23.0 Å². The Bertz CT molecular complexity index is 1570. The molecule has 4 rings (SSSR count). The molecule has 0 saturated carbocycles. The summed E-state index contributed by atoms with van der Waals surface area (Å²) in [5, 5.41) is 17.2. The van der Waals surface area contributed by atoms with Gasteiger partial charge in [0.2, 0.25) is 9.84 Å². The molecule has 0 amide bonds. The third-order valence-electron chi connectivity index (χ3n) is 5.36. The van der Waals surface area contributed by atoms with Crippen molar-refractivity contribution in [2.75, 3.05) is 5.73 Å². The van der Waals surface area contributed by atoms with E-state index in [1.54, 1.807) is 36.4 Å². The predicted molar refractivity (Wildman–Crippen MR) is 133 cm³/mol. The quantitative estimate of drug-likeness (QED) is 0.123. The highest BCUT2D eigenvalue weighted by atomic mass is 32.2. The van der Waals surface area contributed by atoms with E-state index in [2.05, 4.69) is 0 Å². The second-order valence-corrected chi connectivity index (χ2v) is 9.72. The first-order valence-corrected chi connectivity index (χ1v) is 11.9. The molecule has 0 heterocycles. The van der Waals surface area contributed by atoms with Crippen LogP contribution in [0.5, 0.6) is 11.5 Å². The van der Waals surface area contributed by atoms with E-state index < -0.39 is 27.2 Å². The zero-order valence-corrected chi connectivity index (χ0v) is 19.4. The number of nitrogens with one attached hydrogen (secondary N) is 1. The van der Waals surface area contributed by atoms with Crippen LogP contribution < -0.4 is 16.2 Å². The van der Waals surface area contributed by atoms with E-state index in [1.807, 2.05) is 12.1 Å². The van der Waals surface area contributed by atoms with Gasteiger partial charge in [-0.25, -0.2) is 17.6 Å². The highest BCUT2D eigenvalue weighted by molar-refractivity contribution is 7.91. The number of hydrogen-bond acceptors (Lipinski definition) is 6. The summed E-state index contributed by atoms with van der Waals surface area (Å²) in [5.74, 6) is -2.01. The number of anilines is 1. The lowest BCUT2D eigenvalue weighted by molar-refractivity contribution is 0.0694. The van der Waals surface area contributed by atoms with Crippen molar-refractivity contribution in [2.24, 2.45) is 5.73 Å². The van der Waals surface area contributed by atoms with Crippen molar-refractivity contribution in [2.45, 2.75) is 9.79 Å². The Labute approximate surface area is 206 Å². The third kappa shape index (κ3) is 4.89. The minimum atomic E-state index is -4.16. The number of carboxylic acids is 1. The Balaban J connectivity index is 1.65. The fraction of sp³-hybridized carbons (Fsp3) is 0. The number of ether oxygens (including phenoxy) is 1. The SMILES string of the molecule is N=C(N)c1ccc(-c2ccc(Oc3c(N)cc(S(=O)(=O)c4ccc(F)cc4)cc3C(=O)O)cc2)cc1. The maximum Gasteiger partial charge on any atom is 0.339 e. The maximum absolute atomic E-state index is 13.2. The smallest absolute Gasteiger partial charge is 0.339 e. The van der Waals surface area contributed by atoms with Crippen LogP contribution in [0.25, 0.3) is 11.1 Å². The second kappa shape index (κ2) is 9.51. The number of sulfone groups is 1. The zero-order chi connectivity index (χ0) is 26.0. The summed E-state index contributed by atoms with van der Waals surface area (Å²) in [6.07, 6.45) is 0. The van der Waals surface area contributed by atoms with E-state index in [4.69, 9.17) is 21.6 Å². The molecule has 8 nitrogen and oxygen atoms in total. The lowest BCUT2D eigenvalue weighted by Crippen LogP contribution is -2.10. The molecule has 36 heavy (non-hydrogen) atoms. The van der Waals surface area contributed by atoms with Crippen LogP contribution in [-0.4, -0.2) is 25.3 Å². The Morgan fingerprint density at radius 1 is 0.861 bits per heavy atom. The number of hydrogen-bond donors (Lipinski definition) is 4. The predicted octanol–water partition coefficient (Wildman–Crippen LogP) is 4.68. The zero-order valence-electron chi connectivity index (χ0n) is 18.6. The Morgan fingerprint density at radius 2 is 1.42 bits per heavy atom. The molecule has 4 aromatic carbocycles. The second-order valence-electron chi connectivity index (χ2n) is 7.77. The molecule has 0 radical (unpaired) electrons. The van der Waals surface area contributed by atoms with Gasteiger partial charge < -0.3 is 21.3 Å². The van der Waals surface area contributed by atoms with Gasteiger partial charge >= 0.3 is 5.97 Å². The Kier molecular flexibility index (Phi) is 6.45. The Hall–Kier alpha value is -4.70. The molecule has 0 spiro atoms. The summed E-state index contributed by atoms with van der Waals surface area (Å²) in [6, 6.07) is 20.0. The number of carboxylic acid groups (broad SMARTS) is 1. The van der Waals surface area contributed by atoms with Crippen LogP contribution in [0.2, 0.25) is 0 Å². The molecule has 0 fully saturated rings. The van der Waals surface area contributed by atoms with Crippen LogP contribution in [0, 0.1) is 11.2 Å². The summed E-state index contributed by atoms with van der Waals surface area (Å²) in [5.41, 5.74) is 13.2. The molecular formula is C26H20FN3O5S. The molecule has 0 atom stereocenters. The average Bonchev–Trinajstić information content (AvgIpc) is 2.85. The Morgan fingerprint density at radius 3 is 1.94 bits per heavy atom. The van der Waals surface area contributed by atoms with Gasteiger partial charge in [-0.05, 0) is 59.7 Å². The van der Waals surface area contributed by atoms with E-state index in [-0.39, 0.29) is 32.8 Å². The first kappa shape index (κ1) is 24.4. The van der Waals surface area contributed by atoms with Crippen molar-refractivity contribution < 1.29 is 27.4 Å². The van der Waals surface area contributed by atoms with Crippen LogP contribution in [0.3, 0.4) is 0 Å². The van der Waals surface area contributed by atoms with Crippen LogP contribution in [0.15, 0.2) is 94.7 Å². The van der Waals surface area contributed by atoms with Gasteiger partial charge in [-0.2, -0.15) is 0 Å². The highest BCUT2D eigenvalue weighted by Gasteiger charge is 2.24. The van der Waals surface area contributed by atoms with Crippen molar-refractivity contribution in [1.29, 1.82) is 5.41 Å². The van der Waals surface area contributed by atoms with Gasteiger partial charge in [-0.3, -0.25) is 5.41 Å². The number of benzene rings is 4. The number of carbonyl (C=O) groups is 1. The largest absolute Gasteiger partial charge is 0.478 e. The van der Waals surface area contributed by atoms with Crippen molar-refractivity contribution >= 4 is 27.3 Å². The topological polar surface area (TPSA) is 157 Å². The normalized spacial score (nSPS) is 11.1. The van der Waals surface area contributed by atoms with Crippen LogP contribution in [0.1, 0.15) is 15.9 Å². The molecule has 0 aliphatic heterocycles. The molecule has 10 heteroatoms. The van der Waals surface area contributed by atoms with Gasteiger partial charge in [-0.15, -0.1) is 0 Å². The molecule has 0 unspecified atom stereocenters. The van der Waals surface area contributed by atoms with E-state index in [0.29, 0.717) is 5.56 Å². The van der Waals surface area contributed by atoms with E-state index in [0.717, 1.165) is 47.5 Å². The van der Waals surface area contributed by atoms with Gasteiger partial charge in [-0.1, -0.05) is 36.4 Å². The molecule has 6 N–H and O–H groups in total. The highest BCUT2D eigenvalue weighted by Crippen LogP contribution is 2.36. The summed E-state index contributed by atoms with van der Waals surface area (Å²) in [6.45, 7) is 0. The van der Waals surface area contributed by atoms with Gasteiger partial charge in [0.15, 0.2) is 5.75 Å². The number of aromatic carboxylic acids is 1. The minimum Gasteiger partial charge on any atom is -0.478 e. The van der Waals surface area contributed by atoms with E-state index in [1.165, 1.54) is 0 Å². The van der Waals surface area contributed by atoms with Crippen molar-refractivity contribution in [3.8, 4) is 22.6 Å². The van der Waals surface area contributed by atoms with E-state index in [9.17, 15) is 22.7 Å². The monoisotopic (exact) mass is 505 g/mol. The average molecular weight is 506 g/mol. The molecule has 0 aliphatic rings. The number of nitrogens with two attached hydrogens (primary N) is 2. The van der Waals surface area contributed by atoms with Gasteiger partial charge in [0.25, 0.3) is 0 Å². The molecule has 182 valence electrons. The van der Waals surface area contributed by atoms with Crippen LogP contribution >= 0.6 is 0 Å². The van der Waals surface area contributed by atoms with Gasteiger partial charge in [0.05, 0.1) is 15.5 Å². The third-order valence-corrected chi connectivity index (χ3v) is 7.11. The lowest BCUT2D eigenvalue weighted by atomic mass is 10.0. The number of amidine groups is 1. The first-order chi connectivity index (χ1) is 17.1. The minimum absolute atomic E-state index is 0.0337. The van der Waals surface area contributed by atoms with Crippen LogP contribution in [0.4, 0.5) is 10.1 Å². The maximum atomic E-state index is 13.2. The lowest BCUT2D eigenvalue weighted by Gasteiger charge is -2.14. The molecular weight excluding hydrogens is 485 g/mol. The molecule has 4 aromatic rings. The summed E-state index contributed by atoms with van der Waals surface area (Å²) >= 11 is 0. The van der Waals surface area contributed by atoms with Crippen molar-refractivity contribution in [1.82, 2.24) is 0 Å². The summed E-state index contributed by atoms with van der Waals surface area (Å²) < 4.78 is 44.8. The summed E-state index contributed by atoms with van der Waals surface area (Å²) in [4.78, 5) is 11.4. The first-order valence-electron chi connectivity index (χ1n) is 10.5. The molecule has 0 aliphatic carbocycles. The molecule has 0 aromatic heterocycles. The standard InChI is InChI=1S/C26H20FN3O5S/c27-18-7-11-20(12-8-18)36(33,34)21-13-22(26(31)32)24(23(28)14-21)35-19-9-5-16(6-10-19)15-1-3-17(4-2-15)25(29)30/h1-14H,28H2,(H3,29,30)(H,31,32). The van der Waals surface area contributed by atoms with Crippen molar-refractivity contribution in [3.05, 3.63) is 102 Å². The number of nitrogen functional groups attached to an aromatic ring is 2. The fourth-order valence-corrected chi connectivity index (χ4v) is 4.80.